The van der Waals surface area contributed by atoms with Crippen LogP contribution in [-0.2, 0) is 11.2 Å². The maximum atomic E-state index is 13.0. The number of anilines is 1. The molecule has 1 aliphatic rings. The van der Waals surface area contributed by atoms with E-state index in [0.29, 0.717) is 17.0 Å². The normalized spacial score (nSPS) is 14.6. The molecule has 0 aliphatic carbocycles. The van der Waals surface area contributed by atoms with Crippen molar-refractivity contribution < 1.29 is 13.6 Å². The summed E-state index contributed by atoms with van der Waals surface area (Å²) in [4.78, 5) is 28.2. The molecule has 2 N–H and O–H groups in total. The molecule has 4 rings (SSSR count). The standard InChI is InChI=1S/C21H22FN3O3.ClH/c22-16-3-1-14(2-4-16)11-15-7-9-25(10-8-15)20(26)13-23-17-5-6-18-19(12-17)28-21(27)24-18;/h1-6,12,15,23H,7-11,13H2,(H,24,27);1H. The minimum Gasteiger partial charge on any atom is -0.408 e. The largest absolute Gasteiger partial charge is 0.417 e. The summed E-state index contributed by atoms with van der Waals surface area (Å²) >= 11 is 0. The topological polar surface area (TPSA) is 78.3 Å². The smallest absolute Gasteiger partial charge is 0.408 e. The van der Waals surface area contributed by atoms with Gasteiger partial charge < -0.3 is 14.6 Å². The molecule has 1 aromatic heterocycles. The van der Waals surface area contributed by atoms with Crippen molar-refractivity contribution in [2.45, 2.75) is 19.3 Å². The van der Waals surface area contributed by atoms with Gasteiger partial charge >= 0.3 is 5.76 Å². The first-order valence-corrected chi connectivity index (χ1v) is 9.46. The fraction of sp³-hybridized carbons (Fsp3) is 0.333. The zero-order chi connectivity index (χ0) is 19.5. The number of carbonyl (C=O) groups is 1. The van der Waals surface area contributed by atoms with E-state index < -0.39 is 5.76 Å². The van der Waals surface area contributed by atoms with Gasteiger partial charge in [-0.1, -0.05) is 12.1 Å². The van der Waals surface area contributed by atoms with Crippen molar-refractivity contribution in [2.24, 2.45) is 5.92 Å². The summed E-state index contributed by atoms with van der Waals surface area (Å²) in [6.45, 7) is 1.67. The van der Waals surface area contributed by atoms with E-state index in [4.69, 9.17) is 4.42 Å². The van der Waals surface area contributed by atoms with Gasteiger partial charge in [-0.25, -0.2) is 9.18 Å². The molecule has 1 aliphatic heterocycles. The number of likely N-dealkylation sites (tertiary alicyclic amines) is 1. The van der Waals surface area contributed by atoms with Crippen molar-refractivity contribution >= 4 is 35.1 Å². The molecular weight excluding hydrogens is 397 g/mol. The van der Waals surface area contributed by atoms with Crippen LogP contribution in [0.2, 0.25) is 0 Å². The van der Waals surface area contributed by atoms with Crippen LogP contribution in [0.4, 0.5) is 10.1 Å². The summed E-state index contributed by atoms with van der Waals surface area (Å²) < 4.78 is 18.0. The number of nitrogens with one attached hydrogen (secondary N) is 2. The number of H-pyrrole nitrogens is 1. The zero-order valence-electron chi connectivity index (χ0n) is 15.8. The van der Waals surface area contributed by atoms with E-state index in [1.165, 1.54) is 12.1 Å². The highest BCUT2D eigenvalue weighted by Gasteiger charge is 2.22. The molecule has 29 heavy (non-hydrogen) atoms. The number of nitrogens with zero attached hydrogens (tertiary/aromatic N) is 1. The molecule has 1 amide bonds. The monoisotopic (exact) mass is 419 g/mol. The number of halogens is 2. The second-order valence-electron chi connectivity index (χ2n) is 7.23. The van der Waals surface area contributed by atoms with Crippen LogP contribution in [0.1, 0.15) is 18.4 Å². The third kappa shape index (κ3) is 5.17. The van der Waals surface area contributed by atoms with E-state index in [-0.39, 0.29) is 30.7 Å². The molecule has 2 heterocycles. The number of piperidine rings is 1. The fourth-order valence-corrected chi connectivity index (χ4v) is 3.69. The highest BCUT2D eigenvalue weighted by Crippen LogP contribution is 2.22. The molecule has 0 radical (unpaired) electrons. The van der Waals surface area contributed by atoms with Gasteiger partial charge in [-0.2, -0.15) is 0 Å². The molecule has 0 bridgehead atoms. The van der Waals surface area contributed by atoms with Gasteiger partial charge in [-0.3, -0.25) is 9.78 Å². The molecule has 6 nitrogen and oxygen atoms in total. The van der Waals surface area contributed by atoms with Crippen LogP contribution in [0.25, 0.3) is 11.1 Å². The maximum absolute atomic E-state index is 13.0. The molecular formula is C21H23ClFN3O3. The number of hydrogen-bond donors (Lipinski definition) is 2. The minimum atomic E-state index is -0.494. The third-order valence-electron chi connectivity index (χ3n) is 5.27. The van der Waals surface area contributed by atoms with Gasteiger partial charge in [0.1, 0.15) is 5.82 Å². The van der Waals surface area contributed by atoms with Crippen molar-refractivity contribution in [1.82, 2.24) is 9.88 Å². The average Bonchev–Trinajstić information content (AvgIpc) is 3.08. The first kappa shape index (κ1) is 20.9. The lowest BCUT2D eigenvalue weighted by Gasteiger charge is -2.32. The second-order valence-corrected chi connectivity index (χ2v) is 7.23. The summed E-state index contributed by atoms with van der Waals surface area (Å²) in [5, 5.41) is 3.10. The van der Waals surface area contributed by atoms with Crippen LogP contribution in [0.5, 0.6) is 0 Å². The van der Waals surface area contributed by atoms with E-state index in [1.54, 1.807) is 18.2 Å². The van der Waals surface area contributed by atoms with Crippen LogP contribution in [-0.4, -0.2) is 35.4 Å². The van der Waals surface area contributed by atoms with E-state index in [0.717, 1.165) is 43.6 Å². The van der Waals surface area contributed by atoms with Crippen LogP contribution in [0.15, 0.2) is 51.7 Å². The Kier molecular flexibility index (Phi) is 6.59. The number of aromatic nitrogens is 1. The summed E-state index contributed by atoms with van der Waals surface area (Å²) in [7, 11) is 0. The van der Waals surface area contributed by atoms with Gasteiger partial charge in [0.15, 0.2) is 5.58 Å². The Morgan fingerprint density at radius 3 is 2.62 bits per heavy atom. The van der Waals surface area contributed by atoms with Gasteiger partial charge in [-0.15, -0.1) is 12.4 Å². The van der Waals surface area contributed by atoms with Crippen LogP contribution < -0.4 is 11.1 Å². The van der Waals surface area contributed by atoms with E-state index in [2.05, 4.69) is 10.3 Å². The van der Waals surface area contributed by atoms with Crippen LogP contribution in [0.3, 0.4) is 0 Å². The summed E-state index contributed by atoms with van der Waals surface area (Å²) in [6, 6.07) is 11.9. The van der Waals surface area contributed by atoms with Crippen LogP contribution >= 0.6 is 12.4 Å². The second kappa shape index (κ2) is 9.13. The predicted molar refractivity (Wildman–Crippen MR) is 112 cm³/mol. The Morgan fingerprint density at radius 2 is 1.90 bits per heavy atom. The number of aromatic amines is 1. The number of benzene rings is 2. The molecule has 1 fully saturated rings. The molecule has 2 aromatic carbocycles. The molecule has 0 atom stereocenters. The lowest BCUT2D eigenvalue weighted by Crippen LogP contribution is -2.41. The zero-order valence-corrected chi connectivity index (χ0v) is 16.6. The first-order chi connectivity index (χ1) is 13.6. The van der Waals surface area contributed by atoms with Gasteiger partial charge in [0, 0.05) is 24.8 Å². The molecule has 0 unspecified atom stereocenters. The predicted octanol–water partition coefficient (Wildman–Crippen LogP) is 3.58. The summed E-state index contributed by atoms with van der Waals surface area (Å²) in [5.41, 5.74) is 2.96. The van der Waals surface area contributed by atoms with Crippen molar-refractivity contribution in [1.29, 1.82) is 0 Å². The average molecular weight is 420 g/mol. The van der Waals surface area contributed by atoms with Gasteiger partial charge in [-0.05, 0) is 55.0 Å². The summed E-state index contributed by atoms with van der Waals surface area (Å²) in [5.74, 6) is -0.140. The van der Waals surface area contributed by atoms with E-state index in [1.807, 2.05) is 17.0 Å². The van der Waals surface area contributed by atoms with Crippen LogP contribution in [0, 0.1) is 11.7 Å². The third-order valence-corrected chi connectivity index (χ3v) is 5.27. The van der Waals surface area contributed by atoms with E-state index in [9.17, 15) is 14.0 Å². The Hall–Kier alpha value is -2.80. The Bertz CT molecular complexity index is 1020. The number of hydrogen-bond acceptors (Lipinski definition) is 4. The highest BCUT2D eigenvalue weighted by molar-refractivity contribution is 5.85. The Morgan fingerprint density at radius 1 is 1.17 bits per heavy atom. The molecule has 0 saturated carbocycles. The fourth-order valence-electron chi connectivity index (χ4n) is 3.69. The Labute approximate surface area is 173 Å². The molecule has 3 aromatic rings. The van der Waals surface area contributed by atoms with Crippen molar-refractivity contribution in [3.63, 3.8) is 0 Å². The molecule has 0 spiro atoms. The lowest BCUT2D eigenvalue weighted by molar-refractivity contribution is -0.130. The van der Waals surface area contributed by atoms with Crippen molar-refractivity contribution in [3.8, 4) is 0 Å². The Balaban J connectivity index is 0.00000240. The SMILES string of the molecule is Cl.O=C(CNc1ccc2[nH]c(=O)oc2c1)N1CCC(Cc2ccc(F)cc2)CC1. The lowest BCUT2D eigenvalue weighted by atomic mass is 9.90. The quantitative estimate of drug-likeness (QED) is 0.662. The number of fused-ring (bicyclic) bond motifs is 1. The number of oxazole rings is 1. The molecule has 8 heteroatoms. The summed E-state index contributed by atoms with van der Waals surface area (Å²) in [6.07, 6.45) is 2.82. The molecule has 1 saturated heterocycles. The van der Waals surface area contributed by atoms with E-state index >= 15 is 0 Å². The van der Waals surface area contributed by atoms with Gasteiger partial charge in [0.05, 0.1) is 12.1 Å². The maximum Gasteiger partial charge on any atom is 0.417 e. The minimum absolute atomic E-state index is 0. The molecule has 154 valence electrons. The van der Waals surface area contributed by atoms with Crippen molar-refractivity contribution in [3.05, 3.63) is 64.4 Å². The highest BCUT2D eigenvalue weighted by atomic mass is 35.5. The number of amides is 1. The first-order valence-electron chi connectivity index (χ1n) is 9.46. The number of carbonyl (C=O) groups excluding carboxylic acids is 1. The van der Waals surface area contributed by atoms with Gasteiger partial charge in [0.25, 0.3) is 0 Å². The number of rotatable bonds is 5. The van der Waals surface area contributed by atoms with Crippen molar-refractivity contribution in [2.75, 3.05) is 25.0 Å². The van der Waals surface area contributed by atoms with Gasteiger partial charge in [0.2, 0.25) is 5.91 Å².